The van der Waals surface area contributed by atoms with Crippen molar-refractivity contribution in [2.75, 3.05) is 13.1 Å². The fourth-order valence-corrected chi connectivity index (χ4v) is 4.92. The van der Waals surface area contributed by atoms with Gasteiger partial charge >= 0.3 is 6.03 Å². The first-order valence-electron chi connectivity index (χ1n) is 11.8. The quantitative estimate of drug-likeness (QED) is 0.403. The van der Waals surface area contributed by atoms with E-state index in [1.807, 2.05) is 32.9 Å². The van der Waals surface area contributed by atoms with Gasteiger partial charge in [-0.25, -0.2) is 9.48 Å². The number of carbonyl (C=O) groups excluding carboxylic acids is 2. The Morgan fingerprint density at radius 2 is 1.64 bits per heavy atom. The number of urea groups is 1. The number of amides is 3. The summed E-state index contributed by atoms with van der Waals surface area (Å²) in [7, 11) is 0. The van der Waals surface area contributed by atoms with Gasteiger partial charge in [-0.15, -0.1) is 0 Å². The minimum atomic E-state index is -0.267. The van der Waals surface area contributed by atoms with Gasteiger partial charge in [-0.3, -0.25) is 4.79 Å². The standard InChI is InChI=1S/C26H28Cl3N5O2/c1-15(2)30-26(36)33-12-10-20(11-13-33)31-25(35)23-16(3)24(17-4-6-18(27)7-5-17)34(32-23)22-9-8-19(28)14-21(22)29/h4-9,14-15,20H,10-13H2,1-3H3,(H,30,36)(H,31,35). The lowest BCUT2D eigenvalue weighted by atomic mass is 10.0. The molecule has 2 N–H and O–H groups in total. The number of nitrogens with one attached hydrogen (secondary N) is 2. The molecule has 190 valence electrons. The van der Waals surface area contributed by atoms with Crippen LogP contribution >= 0.6 is 34.8 Å². The van der Waals surface area contributed by atoms with Crippen LogP contribution < -0.4 is 10.6 Å². The molecule has 0 bridgehead atoms. The number of hydrogen-bond donors (Lipinski definition) is 2. The normalized spacial score (nSPS) is 14.2. The number of benzene rings is 2. The van der Waals surface area contributed by atoms with Crippen LogP contribution in [0, 0.1) is 6.92 Å². The van der Waals surface area contributed by atoms with Crippen molar-refractivity contribution in [1.29, 1.82) is 0 Å². The van der Waals surface area contributed by atoms with E-state index in [2.05, 4.69) is 15.7 Å². The monoisotopic (exact) mass is 547 g/mol. The molecule has 10 heteroatoms. The van der Waals surface area contributed by atoms with E-state index in [1.54, 1.807) is 39.9 Å². The average molecular weight is 549 g/mol. The van der Waals surface area contributed by atoms with E-state index in [0.717, 1.165) is 16.8 Å². The van der Waals surface area contributed by atoms with Crippen LogP contribution in [-0.4, -0.2) is 51.8 Å². The highest BCUT2D eigenvalue weighted by molar-refractivity contribution is 6.35. The third kappa shape index (κ3) is 5.80. The van der Waals surface area contributed by atoms with Crippen molar-refractivity contribution in [3.05, 3.63) is 68.8 Å². The Balaban J connectivity index is 1.60. The highest BCUT2D eigenvalue weighted by Crippen LogP contribution is 2.33. The van der Waals surface area contributed by atoms with Crippen molar-refractivity contribution in [3.63, 3.8) is 0 Å². The fraction of sp³-hybridized carbons (Fsp3) is 0.346. The Morgan fingerprint density at radius 1 is 1.00 bits per heavy atom. The third-order valence-corrected chi connectivity index (χ3v) is 6.91. The lowest BCUT2D eigenvalue weighted by Gasteiger charge is -2.32. The Morgan fingerprint density at radius 3 is 2.25 bits per heavy atom. The summed E-state index contributed by atoms with van der Waals surface area (Å²) in [6.45, 7) is 6.88. The second kappa shape index (κ2) is 11.1. The van der Waals surface area contributed by atoms with E-state index in [9.17, 15) is 9.59 Å². The lowest BCUT2D eigenvalue weighted by molar-refractivity contribution is 0.0911. The van der Waals surface area contributed by atoms with Crippen LogP contribution in [0.15, 0.2) is 42.5 Å². The van der Waals surface area contributed by atoms with E-state index in [-0.39, 0.29) is 24.0 Å². The molecule has 0 atom stereocenters. The maximum absolute atomic E-state index is 13.4. The first-order valence-corrected chi connectivity index (χ1v) is 12.9. The summed E-state index contributed by atoms with van der Waals surface area (Å²) in [6.07, 6.45) is 1.34. The van der Waals surface area contributed by atoms with Gasteiger partial charge in [0.25, 0.3) is 5.91 Å². The molecule has 0 spiro atoms. The molecule has 36 heavy (non-hydrogen) atoms. The van der Waals surface area contributed by atoms with Crippen LogP contribution in [0.5, 0.6) is 0 Å². The van der Waals surface area contributed by atoms with Gasteiger partial charge in [0.15, 0.2) is 5.69 Å². The molecule has 2 aromatic carbocycles. The zero-order chi connectivity index (χ0) is 26.0. The third-order valence-electron chi connectivity index (χ3n) is 6.12. The average Bonchev–Trinajstić information content (AvgIpc) is 3.16. The van der Waals surface area contributed by atoms with Crippen LogP contribution in [-0.2, 0) is 0 Å². The van der Waals surface area contributed by atoms with Crippen molar-refractivity contribution in [1.82, 2.24) is 25.3 Å². The van der Waals surface area contributed by atoms with Crippen molar-refractivity contribution in [2.45, 2.75) is 45.7 Å². The van der Waals surface area contributed by atoms with Gasteiger partial charge in [0, 0.05) is 46.3 Å². The van der Waals surface area contributed by atoms with E-state index >= 15 is 0 Å². The number of carbonyl (C=O) groups is 2. The number of halogens is 3. The fourth-order valence-electron chi connectivity index (χ4n) is 4.30. The van der Waals surface area contributed by atoms with Crippen LogP contribution in [0.25, 0.3) is 16.9 Å². The van der Waals surface area contributed by atoms with E-state index in [1.165, 1.54) is 0 Å². The molecule has 3 amide bonds. The Hall–Kier alpha value is -2.74. The summed E-state index contributed by atoms with van der Waals surface area (Å²) in [5.74, 6) is -0.267. The molecule has 1 aliphatic heterocycles. The lowest BCUT2D eigenvalue weighted by Crippen LogP contribution is -2.50. The first kappa shape index (κ1) is 26.3. The second-order valence-electron chi connectivity index (χ2n) is 9.18. The summed E-state index contributed by atoms with van der Waals surface area (Å²) in [5.41, 5.74) is 3.22. The van der Waals surface area contributed by atoms with E-state index in [0.29, 0.717) is 52.4 Å². The van der Waals surface area contributed by atoms with Gasteiger partial charge in [-0.05, 0) is 63.9 Å². The summed E-state index contributed by atoms with van der Waals surface area (Å²) >= 11 is 18.7. The second-order valence-corrected chi connectivity index (χ2v) is 10.5. The molecular weight excluding hydrogens is 521 g/mol. The van der Waals surface area contributed by atoms with Gasteiger partial charge in [-0.2, -0.15) is 5.10 Å². The van der Waals surface area contributed by atoms with Gasteiger partial charge in [0.05, 0.1) is 16.4 Å². The molecule has 0 unspecified atom stereocenters. The van der Waals surface area contributed by atoms with Gasteiger partial charge in [0.2, 0.25) is 0 Å². The molecule has 0 saturated carbocycles. The highest BCUT2D eigenvalue weighted by atomic mass is 35.5. The zero-order valence-electron chi connectivity index (χ0n) is 20.3. The maximum Gasteiger partial charge on any atom is 0.317 e. The molecule has 3 aromatic rings. The largest absolute Gasteiger partial charge is 0.348 e. The highest BCUT2D eigenvalue weighted by Gasteiger charge is 2.28. The Labute approximate surface area is 225 Å². The number of hydrogen-bond acceptors (Lipinski definition) is 3. The van der Waals surface area contributed by atoms with Crippen molar-refractivity contribution >= 4 is 46.7 Å². The topological polar surface area (TPSA) is 79.3 Å². The Bertz CT molecular complexity index is 1270. The number of nitrogens with zero attached hydrogens (tertiary/aromatic N) is 3. The van der Waals surface area contributed by atoms with Gasteiger partial charge < -0.3 is 15.5 Å². The number of rotatable bonds is 5. The van der Waals surface area contributed by atoms with Crippen LogP contribution in [0.2, 0.25) is 15.1 Å². The summed E-state index contributed by atoms with van der Waals surface area (Å²) in [5, 5.41) is 12.2. The maximum atomic E-state index is 13.4. The Kier molecular flexibility index (Phi) is 8.13. The van der Waals surface area contributed by atoms with Crippen molar-refractivity contribution < 1.29 is 9.59 Å². The summed E-state index contributed by atoms with van der Waals surface area (Å²) < 4.78 is 1.67. The number of piperidine rings is 1. The van der Waals surface area contributed by atoms with Crippen LogP contribution in [0.3, 0.4) is 0 Å². The smallest absolute Gasteiger partial charge is 0.317 e. The van der Waals surface area contributed by atoms with Crippen molar-refractivity contribution in [3.8, 4) is 16.9 Å². The minimum Gasteiger partial charge on any atom is -0.348 e. The van der Waals surface area contributed by atoms with Crippen LogP contribution in [0.1, 0.15) is 42.7 Å². The SMILES string of the molecule is Cc1c(C(=O)NC2CCN(C(=O)NC(C)C)CC2)nn(-c2ccc(Cl)cc2Cl)c1-c1ccc(Cl)cc1. The van der Waals surface area contributed by atoms with Crippen molar-refractivity contribution in [2.24, 2.45) is 0 Å². The van der Waals surface area contributed by atoms with Gasteiger partial charge in [-0.1, -0.05) is 46.9 Å². The molecule has 0 aliphatic carbocycles. The summed E-state index contributed by atoms with van der Waals surface area (Å²) in [4.78, 5) is 27.4. The molecule has 1 aromatic heterocycles. The molecule has 2 heterocycles. The zero-order valence-corrected chi connectivity index (χ0v) is 22.6. The van der Waals surface area contributed by atoms with E-state index in [4.69, 9.17) is 34.8 Å². The van der Waals surface area contributed by atoms with Crippen LogP contribution in [0.4, 0.5) is 4.79 Å². The molecular formula is C26H28Cl3N5O2. The molecule has 1 fully saturated rings. The number of aromatic nitrogens is 2. The summed E-state index contributed by atoms with van der Waals surface area (Å²) in [6, 6.07) is 12.4. The van der Waals surface area contributed by atoms with Gasteiger partial charge in [0.1, 0.15) is 0 Å². The van der Waals surface area contributed by atoms with E-state index < -0.39 is 0 Å². The molecule has 0 radical (unpaired) electrons. The first-order chi connectivity index (χ1) is 17.1. The predicted octanol–water partition coefficient (Wildman–Crippen LogP) is 6.12. The molecule has 4 rings (SSSR count). The minimum absolute atomic E-state index is 0.0525. The molecule has 1 saturated heterocycles. The predicted molar refractivity (Wildman–Crippen MR) is 144 cm³/mol. The molecule has 7 nitrogen and oxygen atoms in total. The number of likely N-dealkylation sites (tertiary alicyclic amines) is 1. The molecule has 1 aliphatic rings.